The molecule has 1 aromatic carbocycles. The predicted octanol–water partition coefficient (Wildman–Crippen LogP) is 3.17. The summed E-state index contributed by atoms with van der Waals surface area (Å²) in [5, 5.41) is 3.47. The summed E-state index contributed by atoms with van der Waals surface area (Å²) in [6.07, 6.45) is -3.58. The number of carbonyl (C=O) groups is 1. The summed E-state index contributed by atoms with van der Waals surface area (Å²) in [7, 11) is 0. The normalized spacial score (nSPS) is 11.4. The van der Waals surface area contributed by atoms with Gasteiger partial charge < -0.3 is 10.1 Å². The van der Waals surface area contributed by atoms with Crippen LogP contribution in [0.25, 0.3) is 0 Å². The fourth-order valence-electron chi connectivity index (χ4n) is 1.62. The van der Waals surface area contributed by atoms with Crippen molar-refractivity contribution in [2.45, 2.75) is 19.0 Å². The zero-order chi connectivity index (χ0) is 15.7. The van der Waals surface area contributed by atoms with Gasteiger partial charge in [0.1, 0.15) is 0 Å². The Kier molecular flexibility index (Phi) is 7.74. The Morgan fingerprint density at radius 3 is 2.43 bits per heavy atom. The van der Waals surface area contributed by atoms with Gasteiger partial charge in [0.05, 0.1) is 18.6 Å². The van der Waals surface area contributed by atoms with Gasteiger partial charge in [0.15, 0.2) is 0 Å². The molecule has 0 unspecified atom stereocenters. The van der Waals surface area contributed by atoms with Crippen molar-refractivity contribution in [3.63, 3.8) is 0 Å². The van der Waals surface area contributed by atoms with Crippen LogP contribution in [0, 0.1) is 0 Å². The average molecular weight is 368 g/mol. The van der Waals surface area contributed by atoms with Gasteiger partial charge in [-0.15, -0.1) is 0 Å². The first-order valence-corrected chi connectivity index (χ1v) is 7.62. The maximum atomic E-state index is 12.4. The third kappa shape index (κ3) is 7.47. The van der Waals surface area contributed by atoms with Crippen LogP contribution >= 0.6 is 15.9 Å². The molecule has 0 saturated heterocycles. The lowest BCUT2D eigenvalue weighted by molar-refractivity contribution is -0.137. The van der Waals surface area contributed by atoms with Crippen LogP contribution in [0.1, 0.15) is 17.5 Å². The van der Waals surface area contributed by atoms with Gasteiger partial charge in [-0.2, -0.15) is 13.2 Å². The zero-order valence-corrected chi connectivity index (χ0v) is 13.0. The first-order valence-electron chi connectivity index (χ1n) is 6.50. The number of hydrogen-bond donors (Lipinski definition) is 1. The number of alkyl halides is 4. The van der Waals surface area contributed by atoms with Crippen molar-refractivity contribution in [1.29, 1.82) is 0 Å². The van der Waals surface area contributed by atoms with Gasteiger partial charge in [-0.3, -0.25) is 4.79 Å². The minimum atomic E-state index is -4.35. The van der Waals surface area contributed by atoms with Crippen LogP contribution in [-0.4, -0.2) is 31.0 Å². The van der Waals surface area contributed by atoms with Crippen LogP contribution in [-0.2, 0) is 22.1 Å². The monoisotopic (exact) mass is 367 g/mol. The molecule has 0 aliphatic carbocycles. The summed E-state index contributed by atoms with van der Waals surface area (Å²) in [6, 6.07) is 4.61. The van der Waals surface area contributed by atoms with Crippen molar-refractivity contribution in [2.24, 2.45) is 0 Å². The number of carbonyl (C=O) groups excluding carboxylic acids is 1. The standard InChI is InChI=1S/C14H17BrF3NO2/c15-6-9-21-8-1-7-19-13(20)10-11-2-4-12(5-3-11)14(16,17)18/h2-5H,1,6-10H2,(H,19,20). The van der Waals surface area contributed by atoms with E-state index >= 15 is 0 Å². The van der Waals surface area contributed by atoms with E-state index in [0.29, 0.717) is 31.7 Å². The molecule has 1 rings (SSSR count). The second kappa shape index (κ2) is 9.04. The minimum absolute atomic E-state index is 0.0698. The molecular formula is C14H17BrF3NO2. The van der Waals surface area contributed by atoms with Crippen LogP contribution in [0.2, 0.25) is 0 Å². The maximum Gasteiger partial charge on any atom is 0.416 e. The van der Waals surface area contributed by atoms with E-state index < -0.39 is 11.7 Å². The smallest absolute Gasteiger partial charge is 0.381 e. The first kappa shape index (κ1) is 18.0. The molecule has 0 radical (unpaired) electrons. The second-order valence-electron chi connectivity index (χ2n) is 4.38. The number of ether oxygens (including phenoxy) is 1. The van der Waals surface area contributed by atoms with Crippen molar-refractivity contribution in [1.82, 2.24) is 5.32 Å². The van der Waals surface area contributed by atoms with E-state index in [1.165, 1.54) is 12.1 Å². The Bertz CT molecular complexity index is 435. The lowest BCUT2D eigenvalue weighted by Gasteiger charge is -2.08. The zero-order valence-electron chi connectivity index (χ0n) is 11.4. The predicted molar refractivity (Wildman–Crippen MR) is 77.4 cm³/mol. The van der Waals surface area contributed by atoms with Crippen LogP contribution in [0.15, 0.2) is 24.3 Å². The molecule has 0 spiro atoms. The Hall–Kier alpha value is -1.08. The topological polar surface area (TPSA) is 38.3 Å². The highest BCUT2D eigenvalue weighted by Gasteiger charge is 2.29. The van der Waals surface area contributed by atoms with E-state index in [9.17, 15) is 18.0 Å². The molecule has 1 aromatic rings. The van der Waals surface area contributed by atoms with Gasteiger partial charge in [-0.1, -0.05) is 28.1 Å². The van der Waals surface area contributed by atoms with Crippen LogP contribution in [0.5, 0.6) is 0 Å². The van der Waals surface area contributed by atoms with E-state index in [-0.39, 0.29) is 12.3 Å². The van der Waals surface area contributed by atoms with Crippen LogP contribution in [0.3, 0.4) is 0 Å². The first-order chi connectivity index (χ1) is 9.93. The Morgan fingerprint density at radius 1 is 1.19 bits per heavy atom. The van der Waals surface area contributed by atoms with Gasteiger partial charge in [-0.25, -0.2) is 0 Å². The van der Waals surface area contributed by atoms with E-state index in [2.05, 4.69) is 21.2 Å². The Labute approximate surface area is 130 Å². The summed E-state index contributed by atoms with van der Waals surface area (Å²) in [6.45, 7) is 1.67. The van der Waals surface area contributed by atoms with E-state index in [1.54, 1.807) is 0 Å². The highest BCUT2D eigenvalue weighted by Crippen LogP contribution is 2.29. The number of rotatable bonds is 8. The summed E-state index contributed by atoms with van der Waals surface area (Å²) in [5.74, 6) is -0.213. The number of benzene rings is 1. The molecule has 0 atom stereocenters. The number of amides is 1. The third-order valence-corrected chi connectivity index (χ3v) is 2.98. The fraction of sp³-hybridized carbons (Fsp3) is 0.500. The SMILES string of the molecule is O=C(Cc1ccc(C(F)(F)F)cc1)NCCCOCCBr. The summed E-state index contributed by atoms with van der Waals surface area (Å²) in [4.78, 5) is 11.6. The van der Waals surface area contributed by atoms with Gasteiger partial charge in [0.25, 0.3) is 0 Å². The Morgan fingerprint density at radius 2 is 1.86 bits per heavy atom. The van der Waals surface area contributed by atoms with Crippen LogP contribution in [0.4, 0.5) is 13.2 Å². The quantitative estimate of drug-likeness (QED) is 0.566. The van der Waals surface area contributed by atoms with E-state index in [4.69, 9.17) is 4.74 Å². The van der Waals surface area contributed by atoms with Crippen molar-refractivity contribution < 1.29 is 22.7 Å². The largest absolute Gasteiger partial charge is 0.416 e. The number of halogens is 4. The lowest BCUT2D eigenvalue weighted by atomic mass is 10.1. The third-order valence-electron chi connectivity index (χ3n) is 2.66. The van der Waals surface area contributed by atoms with Gasteiger partial charge in [0, 0.05) is 18.5 Å². The van der Waals surface area contributed by atoms with Crippen molar-refractivity contribution in [3.05, 3.63) is 35.4 Å². The van der Waals surface area contributed by atoms with Crippen molar-refractivity contribution >= 4 is 21.8 Å². The Balaban J connectivity index is 2.28. The van der Waals surface area contributed by atoms with E-state index in [0.717, 1.165) is 17.5 Å². The molecule has 0 heterocycles. The maximum absolute atomic E-state index is 12.4. The molecule has 118 valence electrons. The molecular weight excluding hydrogens is 351 g/mol. The van der Waals surface area contributed by atoms with E-state index in [1.807, 2.05) is 0 Å². The van der Waals surface area contributed by atoms with Gasteiger partial charge in [0.2, 0.25) is 5.91 Å². The molecule has 0 saturated carbocycles. The highest BCUT2D eigenvalue weighted by molar-refractivity contribution is 9.09. The molecule has 0 aliphatic rings. The molecule has 3 nitrogen and oxygen atoms in total. The molecule has 0 aromatic heterocycles. The number of nitrogens with one attached hydrogen (secondary N) is 1. The summed E-state index contributed by atoms with van der Waals surface area (Å²) in [5.41, 5.74) is -0.161. The molecule has 0 aliphatic heterocycles. The van der Waals surface area contributed by atoms with Gasteiger partial charge >= 0.3 is 6.18 Å². The molecule has 1 amide bonds. The summed E-state index contributed by atoms with van der Waals surface area (Å²) >= 11 is 3.23. The fourth-order valence-corrected chi connectivity index (χ4v) is 1.85. The highest BCUT2D eigenvalue weighted by atomic mass is 79.9. The molecule has 0 fully saturated rings. The van der Waals surface area contributed by atoms with Gasteiger partial charge in [-0.05, 0) is 24.1 Å². The minimum Gasteiger partial charge on any atom is -0.381 e. The molecule has 21 heavy (non-hydrogen) atoms. The average Bonchev–Trinajstić information content (AvgIpc) is 2.42. The molecule has 1 N–H and O–H groups in total. The number of hydrogen-bond acceptors (Lipinski definition) is 2. The molecule has 7 heteroatoms. The van der Waals surface area contributed by atoms with Crippen molar-refractivity contribution in [3.8, 4) is 0 Å². The summed E-state index contributed by atoms with van der Waals surface area (Å²) < 4.78 is 42.4. The molecule has 0 bridgehead atoms. The van der Waals surface area contributed by atoms with Crippen LogP contribution < -0.4 is 5.32 Å². The lowest BCUT2D eigenvalue weighted by Crippen LogP contribution is -2.26. The second-order valence-corrected chi connectivity index (χ2v) is 5.17. The van der Waals surface area contributed by atoms with Crippen molar-refractivity contribution in [2.75, 3.05) is 25.1 Å².